The number of benzene rings is 2. The molecule has 1 atom stereocenters. The number of rotatable bonds is 3. The minimum Gasteiger partial charge on any atom is -0.289 e. The molecule has 24 heavy (non-hydrogen) atoms. The molecule has 1 nitrogen and oxygen atoms in total. The average Bonchev–Trinajstić information content (AvgIpc) is 2.41. The zero-order valence-electron chi connectivity index (χ0n) is 15.1. The summed E-state index contributed by atoms with van der Waals surface area (Å²) in [6, 6.07) is 9.51. The van der Waals surface area contributed by atoms with Gasteiger partial charge >= 0.3 is 0 Å². The van der Waals surface area contributed by atoms with E-state index in [-0.39, 0.29) is 38.4 Å². The molecule has 0 N–H and O–H groups in total. The van der Waals surface area contributed by atoms with Gasteiger partial charge in [0, 0.05) is 18.9 Å². The summed E-state index contributed by atoms with van der Waals surface area (Å²) < 4.78 is 0. The first kappa shape index (κ1) is 21.8. The van der Waals surface area contributed by atoms with Crippen LogP contribution in [0.15, 0.2) is 30.3 Å². The van der Waals surface area contributed by atoms with Crippen molar-refractivity contribution in [2.24, 2.45) is 0 Å². The normalized spacial score (nSPS) is 11.6. The molecule has 123 valence electrons. The van der Waals surface area contributed by atoms with Crippen LogP contribution in [-0.2, 0) is 5.41 Å². The number of carbonyl (C=O) groups is 1. The summed E-state index contributed by atoms with van der Waals surface area (Å²) in [7, 11) is 0.0181. The van der Waals surface area contributed by atoms with Gasteiger partial charge in [0.25, 0.3) is 0 Å². The molecule has 2 aromatic carbocycles. The Morgan fingerprint density at radius 1 is 1.00 bits per heavy atom. The molecule has 0 amide bonds. The van der Waals surface area contributed by atoms with Gasteiger partial charge in [-0.05, 0) is 62.0 Å². The number of halogens is 2. The number of hydrogen-bond donors (Lipinski definition) is 0. The fourth-order valence-corrected chi connectivity index (χ4v) is 4.37. The standard InChI is InChI=1S/C19H21Cl2OP.Li/c1-11-9-13(19(3,4)5)10-12(2)17(11)23-18(22)16-14(20)7-6-8-15(16)21;/h6-10,23H,1-5H3;. The molecular weight excluding hydrogens is 353 g/mol. The molecule has 0 saturated carbocycles. The van der Waals surface area contributed by atoms with Gasteiger partial charge in [0.2, 0.25) is 0 Å². The number of aryl methyl sites for hydroxylation is 2. The van der Waals surface area contributed by atoms with Gasteiger partial charge in [-0.1, -0.05) is 62.2 Å². The third-order valence-corrected chi connectivity index (χ3v) is 5.97. The molecule has 0 heterocycles. The molecule has 2 aromatic rings. The van der Waals surface area contributed by atoms with Crippen LogP contribution in [0.25, 0.3) is 0 Å². The summed E-state index contributed by atoms with van der Waals surface area (Å²) in [4.78, 5) is 12.7. The summed E-state index contributed by atoms with van der Waals surface area (Å²) in [5, 5.41) is 1.91. The second-order valence-corrected chi connectivity index (χ2v) is 8.80. The van der Waals surface area contributed by atoms with Gasteiger partial charge in [0.15, 0.2) is 5.52 Å². The molecule has 1 radical (unpaired) electrons. The van der Waals surface area contributed by atoms with Crippen molar-refractivity contribution in [2.75, 3.05) is 0 Å². The van der Waals surface area contributed by atoms with Crippen molar-refractivity contribution in [3.8, 4) is 0 Å². The second-order valence-electron chi connectivity index (χ2n) is 6.79. The first-order chi connectivity index (χ1) is 10.6. The molecule has 2 rings (SSSR count). The first-order valence-corrected chi connectivity index (χ1v) is 9.24. The van der Waals surface area contributed by atoms with Crippen molar-refractivity contribution in [1.82, 2.24) is 0 Å². The molecule has 5 heteroatoms. The third-order valence-electron chi connectivity index (χ3n) is 3.83. The quantitative estimate of drug-likeness (QED) is 0.500. The Balaban J connectivity index is 0.00000288. The minimum atomic E-state index is -0.0182. The van der Waals surface area contributed by atoms with Crippen LogP contribution < -0.4 is 5.30 Å². The van der Waals surface area contributed by atoms with Gasteiger partial charge in [0.1, 0.15) is 0 Å². The molecule has 0 aliphatic rings. The van der Waals surface area contributed by atoms with Crippen molar-refractivity contribution in [3.63, 3.8) is 0 Å². The van der Waals surface area contributed by atoms with E-state index >= 15 is 0 Å². The molecule has 0 aliphatic heterocycles. The van der Waals surface area contributed by atoms with Gasteiger partial charge in [-0.2, -0.15) is 0 Å². The van der Waals surface area contributed by atoms with Crippen LogP contribution in [0.4, 0.5) is 0 Å². The number of hydrogen-bond acceptors (Lipinski definition) is 1. The summed E-state index contributed by atoms with van der Waals surface area (Å²) in [6.07, 6.45) is 0. The fourth-order valence-electron chi connectivity index (χ4n) is 2.48. The second kappa shape index (κ2) is 8.40. The molecule has 0 aliphatic carbocycles. The molecule has 0 bridgehead atoms. The van der Waals surface area contributed by atoms with Crippen LogP contribution in [0.1, 0.15) is 47.8 Å². The monoisotopic (exact) mass is 373 g/mol. The predicted molar refractivity (Wildman–Crippen MR) is 109 cm³/mol. The largest absolute Gasteiger partial charge is 0.289 e. The SMILES string of the molecule is Cc1cc(C(C)(C)C)cc(C)c1PC(=O)c1c(Cl)cccc1Cl.[Li]. The molecule has 0 fully saturated rings. The average molecular weight is 374 g/mol. The number of carbonyl (C=O) groups excluding carboxylic acids is 1. The summed E-state index contributed by atoms with van der Waals surface area (Å²) in [6.45, 7) is 10.7. The fraction of sp³-hybridized carbons (Fsp3) is 0.316. The van der Waals surface area contributed by atoms with Gasteiger partial charge < -0.3 is 0 Å². The van der Waals surface area contributed by atoms with Crippen molar-refractivity contribution >= 4 is 61.5 Å². The van der Waals surface area contributed by atoms with Crippen molar-refractivity contribution in [3.05, 3.63) is 62.6 Å². The topological polar surface area (TPSA) is 17.1 Å². The summed E-state index contributed by atoms with van der Waals surface area (Å²) >= 11 is 12.3. The smallest absolute Gasteiger partial charge is 0.188 e. The molecule has 0 aromatic heterocycles. The van der Waals surface area contributed by atoms with E-state index in [1.54, 1.807) is 18.2 Å². The Hall–Kier alpha value is -0.283. The van der Waals surface area contributed by atoms with E-state index in [1.165, 1.54) is 5.56 Å². The molecule has 0 saturated heterocycles. The molecule has 1 unspecified atom stereocenters. The van der Waals surface area contributed by atoms with E-state index in [4.69, 9.17) is 23.2 Å². The van der Waals surface area contributed by atoms with Crippen molar-refractivity contribution < 1.29 is 4.79 Å². The zero-order valence-corrected chi connectivity index (χ0v) is 17.6. The molecular formula is C19H21Cl2LiOP. The summed E-state index contributed by atoms with van der Waals surface area (Å²) in [5.41, 5.74) is 4.06. The third kappa shape index (κ3) is 4.88. The maximum absolute atomic E-state index is 12.7. The Morgan fingerprint density at radius 3 is 1.88 bits per heavy atom. The minimum absolute atomic E-state index is 0. The Labute approximate surface area is 168 Å². The Kier molecular flexibility index (Phi) is 7.61. The molecule has 0 spiro atoms. The zero-order chi connectivity index (χ0) is 17.4. The maximum atomic E-state index is 12.7. The maximum Gasteiger partial charge on any atom is 0.188 e. The van der Waals surface area contributed by atoms with Crippen LogP contribution in [0.2, 0.25) is 10.0 Å². The van der Waals surface area contributed by atoms with Gasteiger partial charge in [-0.15, -0.1) is 0 Å². The van der Waals surface area contributed by atoms with E-state index in [0.717, 1.165) is 16.4 Å². The van der Waals surface area contributed by atoms with Gasteiger partial charge in [0.05, 0.1) is 15.6 Å². The Morgan fingerprint density at radius 2 is 1.46 bits per heavy atom. The van der Waals surface area contributed by atoms with Crippen molar-refractivity contribution in [1.29, 1.82) is 0 Å². The van der Waals surface area contributed by atoms with E-state index in [2.05, 4.69) is 46.8 Å². The van der Waals surface area contributed by atoms with Crippen LogP contribution in [0.3, 0.4) is 0 Å². The van der Waals surface area contributed by atoms with Crippen LogP contribution in [0, 0.1) is 13.8 Å². The van der Waals surface area contributed by atoms with E-state index < -0.39 is 0 Å². The van der Waals surface area contributed by atoms with E-state index in [1.807, 2.05) is 0 Å². The van der Waals surface area contributed by atoms with Crippen LogP contribution in [-0.4, -0.2) is 24.4 Å². The van der Waals surface area contributed by atoms with E-state index in [9.17, 15) is 4.79 Å². The van der Waals surface area contributed by atoms with Crippen molar-refractivity contribution in [2.45, 2.75) is 40.0 Å². The van der Waals surface area contributed by atoms with Gasteiger partial charge in [-0.3, -0.25) is 4.79 Å². The van der Waals surface area contributed by atoms with Crippen LogP contribution in [0.5, 0.6) is 0 Å². The van der Waals surface area contributed by atoms with E-state index in [0.29, 0.717) is 15.6 Å². The Bertz CT molecular complexity index is 723. The van der Waals surface area contributed by atoms with Crippen LogP contribution >= 0.6 is 31.8 Å². The summed E-state index contributed by atoms with van der Waals surface area (Å²) in [5.74, 6) is 0. The predicted octanol–water partition coefficient (Wildman–Crippen LogP) is 5.67. The van der Waals surface area contributed by atoms with Gasteiger partial charge in [-0.25, -0.2) is 0 Å². The first-order valence-electron chi connectivity index (χ1n) is 7.48.